The smallest absolute Gasteiger partial charge is 0.422 e. The lowest BCUT2D eigenvalue weighted by Crippen LogP contribution is -2.25. The third-order valence-corrected chi connectivity index (χ3v) is 3.29. The van der Waals surface area contributed by atoms with Crippen LogP contribution in [0.3, 0.4) is 0 Å². The summed E-state index contributed by atoms with van der Waals surface area (Å²) in [4.78, 5) is 0. The number of para-hydroxylation sites is 2. The zero-order valence-electron chi connectivity index (χ0n) is 16.4. The molecule has 174 valence electrons. The quantitative estimate of drug-likeness (QED) is 0.227. The maximum absolute atomic E-state index is 12.5. The second kappa shape index (κ2) is 11.8. The van der Waals surface area contributed by atoms with Crippen LogP contribution in [0.1, 0.15) is 0 Å². The van der Waals surface area contributed by atoms with Crippen LogP contribution >= 0.6 is 0 Å². The number of rotatable bonds is 9. The molecule has 0 amide bonds. The van der Waals surface area contributed by atoms with Gasteiger partial charge >= 0.3 is 12.4 Å². The Kier molecular flexibility index (Phi) is 9.17. The fourth-order valence-corrected chi connectivity index (χ4v) is 1.96. The minimum Gasteiger partial charge on any atom is -0.484 e. The van der Waals surface area contributed by atoms with Crippen molar-refractivity contribution in [2.75, 3.05) is 26.4 Å². The van der Waals surface area contributed by atoms with Crippen LogP contribution in [0.25, 0.3) is 0 Å². The Bertz CT molecular complexity index is 798. The van der Waals surface area contributed by atoms with E-state index in [1.807, 2.05) is 0 Å². The Labute approximate surface area is 179 Å². The van der Waals surface area contributed by atoms with Gasteiger partial charge in [0.25, 0.3) is 0 Å². The van der Waals surface area contributed by atoms with Gasteiger partial charge in [-0.3, -0.25) is 0 Å². The molecule has 0 fully saturated rings. The average Bonchev–Trinajstić information content (AvgIpc) is 2.74. The monoisotopic (exact) mass is 464 g/mol. The number of nitrogens with zero attached hydrogens (tertiary/aromatic N) is 2. The van der Waals surface area contributed by atoms with E-state index in [4.69, 9.17) is 9.47 Å². The summed E-state index contributed by atoms with van der Waals surface area (Å²) in [6.07, 6.45) is -9.35. The van der Waals surface area contributed by atoms with Gasteiger partial charge in [0, 0.05) is 0 Å². The number of halogens is 6. The standard InChI is InChI=1S/C20H18F6N2O4/c21-19(22,23)13-31-17(11-29-15-7-3-1-4-8-15)27-28-18(32-14-20(24,25)26)12-30-16-9-5-2-6-10-16/h1-10H,11-14H2. The number of alkyl halides is 6. The Morgan fingerprint density at radius 3 is 1.25 bits per heavy atom. The van der Waals surface area contributed by atoms with Gasteiger partial charge in [0.1, 0.15) is 11.5 Å². The minimum atomic E-state index is -4.68. The normalized spacial score (nSPS) is 12.9. The fraction of sp³-hybridized carbons (Fsp3) is 0.300. The molecule has 0 aromatic heterocycles. The summed E-state index contributed by atoms with van der Waals surface area (Å²) in [7, 11) is 0. The first kappa shape index (κ1) is 24.8. The summed E-state index contributed by atoms with van der Waals surface area (Å²) in [5, 5.41) is 6.88. The number of benzene rings is 2. The Morgan fingerprint density at radius 2 is 0.938 bits per heavy atom. The van der Waals surface area contributed by atoms with E-state index < -0.39 is 50.6 Å². The summed E-state index contributed by atoms with van der Waals surface area (Å²) in [6.45, 7) is -4.51. The van der Waals surface area contributed by atoms with Crippen LogP contribution in [-0.2, 0) is 9.47 Å². The predicted octanol–water partition coefficient (Wildman–Crippen LogP) is 5.01. The van der Waals surface area contributed by atoms with Crippen LogP contribution in [0.5, 0.6) is 11.5 Å². The molecule has 0 heterocycles. The summed E-state index contributed by atoms with van der Waals surface area (Å²) in [5.74, 6) is -0.639. The molecule has 12 heteroatoms. The molecule has 0 radical (unpaired) electrons. The van der Waals surface area contributed by atoms with Crippen molar-refractivity contribution in [3.05, 3.63) is 60.7 Å². The van der Waals surface area contributed by atoms with Crippen LogP contribution in [0.4, 0.5) is 26.3 Å². The second-order valence-electron chi connectivity index (χ2n) is 6.00. The van der Waals surface area contributed by atoms with E-state index in [2.05, 4.69) is 19.7 Å². The van der Waals surface area contributed by atoms with Crippen molar-refractivity contribution in [1.82, 2.24) is 0 Å². The van der Waals surface area contributed by atoms with Gasteiger partial charge in [0.15, 0.2) is 26.4 Å². The first-order valence-electron chi connectivity index (χ1n) is 8.99. The van der Waals surface area contributed by atoms with Crippen molar-refractivity contribution in [2.24, 2.45) is 10.2 Å². The van der Waals surface area contributed by atoms with E-state index in [9.17, 15) is 26.3 Å². The fourth-order valence-electron chi connectivity index (χ4n) is 1.96. The van der Waals surface area contributed by atoms with Crippen molar-refractivity contribution in [1.29, 1.82) is 0 Å². The largest absolute Gasteiger partial charge is 0.484 e. The molecule has 0 atom stereocenters. The molecule has 2 aromatic rings. The van der Waals surface area contributed by atoms with Crippen molar-refractivity contribution in [3.8, 4) is 11.5 Å². The van der Waals surface area contributed by atoms with E-state index >= 15 is 0 Å². The lowest BCUT2D eigenvalue weighted by molar-refractivity contribution is -0.157. The third kappa shape index (κ3) is 11.1. The van der Waals surface area contributed by atoms with E-state index in [0.29, 0.717) is 11.5 Å². The van der Waals surface area contributed by atoms with Crippen molar-refractivity contribution < 1.29 is 45.3 Å². The Balaban J connectivity index is 2.14. The van der Waals surface area contributed by atoms with Gasteiger partial charge in [-0.25, -0.2) is 0 Å². The van der Waals surface area contributed by atoms with Crippen molar-refractivity contribution in [2.45, 2.75) is 12.4 Å². The zero-order valence-corrected chi connectivity index (χ0v) is 16.4. The maximum atomic E-state index is 12.5. The van der Waals surface area contributed by atoms with Gasteiger partial charge in [0.05, 0.1) is 0 Å². The Hall–Kier alpha value is -3.44. The van der Waals surface area contributed by atoms with E-state index in [0.717, 1.165) is 0 Å². The molecule has 0 bridgehead atoms. The molecule has 0 aliphatic carbocycles. The van der Waals surface area contributed by atoms with Crippen LogP contribution in [-0.4, -0.2) is 50.6 Å². The van der Waals surface area contributed by atoms with Crippen molar-refractivity contribution in [3.63, 3.8) is 0 Å². The van der Waals surface area contributed by atoms with Gasteiger partial charge in [0.2, 0.25) is 11.8 Å². The van der Waals surface area contributed by atoms with Crippen LogP contribution in [0.2, 0.25) is 0 Å². The summed E-state index contributed by atoms with van der Waals surface area (Å²) >= 11 is 0. The highest BCUT2D eigenvalue weighted by molar-refractivity contribution is 5.81. The third-order valence-electron chi connectivity index (χ3n) is 3.29. The van der Waals surface area contributed by atoms with Gasteiger partial charge in [-0.05, 0) is 24.3 Å². The highest BCUT2D eigenvalue weighted by Gasteiger charge is 2.30. The van der Waals surface area contributed by atoms with Crippen LogP contribution < -0.4 is 9.47 Å². The Morgan fingerprint density at radius 1 is 0.594 bits per heavy atom. The molecule has 0 saturated heterocycles. The topological polar surface area (TPSA) is 61.6 Å². The van der Waals surface area contributed by atoms with Gasteiger partial charge in [-0.1, -0.05) is 36.4 Å². The van der Waals surface area contributed by atoms with Gasteiger partial charge < -0.3 is 18.9 Å². The number of hydrogen-bond acceptors (Lipinski definition) is 6. The molecule has 0 saturated carbocycles. The highest BCUT2D eigenvalue weighted by atomic mass is 19.4. The molecule has 2 aromatic carbocycles. The van der Waals surface area contributed by atoms with Gasteiger partial charge in [-0.2, -0.15) is 26.3 Å². The first-order chi connectivity index (χ1) is 15.1. The SMILES string of the molecule is FC(F)(F)COC(COc1ccccc1)=NN=C(COc1ccccc1)OCC(F)(F)F. The second-order valence-corrected chi connectivity index (χ2v) is 6.00. The van der Waals surface area contributed by atoms with Gasteiger partial charge in [-0.15, -0.1) is 10.2 Å². The van der Waals surface area contributed by atoms with Crippen molar-refractivity contribution >= 4 is 11.8 Å². The molecular weight excluding hydrogens is 446 g/mol. The van der Waals surface area contributed by atoms with Crippen LogP contribution in [0.15, 0.2) is 70.9 Å². The number of hydrogen-bond donors (Lipinski definition) is 0. The lowest BCUT2D eigenvalue weighted by atomic mass is 10.3. The van der Waals surface area contributed by atoms with E-state index in [1.165, 1.54) is 24.3 Å². The molecular formula is C20H18F6N2O4. The highest BCUT2D eigenvalue weighted by Crippen LogP contribution is 2.17. The molecule has 32 heavy (non-hydrogen) atoms. The summed E-state index contributed by atoms with van der Waals surface area (Å²) in [5.41, 5.74) is 0. The average molecular weight is 464 g/mol. The van der Waals surface area contributed by atoms with E-state index in [-0.39, 0.29) is 0 Å². The summed E-state index contributed by atoms with van der Waals surface area (Å²) < 4.78 is 94.7. The first-order valence-corrected chi connectivity index (χ1v) is 8.99. The van der Waals surface area contributed by atoms with Crippen LogP contribution in [0, 0.1) is 0 Å². The molecule has 0 spiro atoms. The predicted molar refractivity (Wildman–Crippen MR) is 103 cm³/mol. The molecule has 0 unspecified atom stereocenters. The molecule has 0 N–H and O–H groups in total. The zero-order chi connectivity index (χ0) is 23.5. The maximum Gasteiger partial charge on any atom is 0.422 e. The molecule has 0 aliphatic rings. The molecule has 6 nitrogen and oxygen atoms in total. The van der Waals surface area contributed by atoms with E-state index in [1.54, 1.807) is 36.4 Å². The lowest BCUT2D eigenvalue weighted by Gasteiger charge is -2.13. The molecule has 2 rings (SSSR count). The number of ether oxygens (including phenoxy) is 4. The molecule has 0 aliphatic heterocycles. The summed E-state index contributed by atoms with van der Waals surface area (Å²) in [6, 6.07) is 16.1. The minimum absolute atomic E-state index is 0.306.